The maximum atomic E-state index is 8.78. The van der Waals surface area contributed by atoms with Gasteiger partial charge in [0.15, 0.2) is 0 Å². The molecular formula is C12H15N3S. The van der Waals surface area contributed by atoms with Gasteiger partial charge in [0.2, 0.25) is 0 Å². The molecule has 1 heterocycles. The summed E-state index contributed by atoms with van der Waals surface area (Å²) in [6.45, 7) is 0. The smallest absolute Gasteiger partial charge is 0.142 e. The first-order valence-corrected chi connectivity index (χ1v) is 6.79. The zero-order valence-corrected chi connectivity index (χ0v) is 10.1. The number of nitriles is 1. The van der Waals surface area contributed by atoms with E-state index in [1.807, 2.05) is 23.9 Å². The van der Waals surface area contributed by atoms with Gasteiger partial charge in [0.25, 0.3) is 0 Å². The second kappa shape index (κ2) is 5.22. The van der Waals surface area contributed by atoms with Crippen molar-refractivity contribution in [3.05, 3.63) is 23.9 Å². The lowest BCUT2D eigenvalue weighted by molar-refractivity contribution is 0.763. The van der Waals surface area contributed by atoms with Crippen molar-refractivity contribution in [2.45, 2.75) is 30.6 Å². The first-order chi connectivity index (χ1) is 7.83. The summed E-state index contributed by atoms with van der Waals surface area (Å²) >= 11 is 1.91. The average Bonchev–Trinajstić information content (AvgIpc) is 2.76. The van der Waals surface area contributed by atoms with E-state index < -0.39 is 0 Å². The summed E-state index contributed by atoms with van der Waals surface area (Å²) in [5, 5.41) is 12.9. The van der Waals surface area contributed by atoms with E-state index in [9.17, 15) is 0 Å². The maximum absolute atomic E-state index is 8.78. The third-order valence-electron chi connectivity index (χ3n) is 2.95. The minimum Gasteiger partial charge on any atom is -0.366 e. The Morgan fingerprint density at radius 2 is 2.38 bits per heavy atom. The Morgan fingerprint density at radius 3 is 3.12 bits per heavy atom. The van der Waals surface area contributed by atoms with E-state index in [-0.39, 0.29) is 0 Å². The number of aromatic nitrogens is 1. The minimum atomic E-state index is 0.476. The predicted molar refractivity (Wildman–Crippen MR) is 67.5 cm³/mol. The molecule has 1 aliphatic carbocycles. The van der Waals surface area contributed by atoms with Crippen LogP contribution in [0.25, 0.3) is 0 Å². The Bertz CT molecular complexity index is 399. The molecule has 0 bridgehead atoms. The molecule has 0 amide bonds. The Labute approximate surface area is 100 Å². The number of hydrogen-bond acceptors (Lipinski definition) is 4. The summed E-state index contributed by atoms with van der Waals surface area (Å²) in [6.07, 6.45) is 5.91. The second-order valence-electron chi connectivity index (χ2n) is 3.98. The zero-order chi connectivity index (χ0) is 11.4. The van der Waals surface area contributed by atoms with Crippen LogP contribution in [0.15, 0.2) is 18.2 Å². The summed E-state index contributed by atoms with van der Waals surface area (Å²) in [7, 11) is 0. The summed E-state index contributed by atoms with van der Waals surface area (Å²) in [5.41, 5.74) is 0.476. The molecule has 0 spiro atoms. The third-order valence-corrected chi connectivity index (χ3v) is 4.12. The van der Waals surface area contributed by atoms with Crippen molar-refractivity contribution in [3.63, 3.8) is 0 Å². The van der Waals surface area contributed by atoms with Crippen LogP contribution in [0.3, 0.4) is 0 Å². The fraction of sp³-hybridized carbons (Fsp3) is 0.500. The SMILES string of the molecule is CSC1CCCC1Nc1cccc(C#N)n1. The number of pyridine rings is 1. The third kappa shape index (κ3) is 2.48. The molecule has 1 aromatic heterocycles. The zero-order valence-electron chi connectivity index (χ0n) is 9.31. The predicted octanol–water partition coefficient (Wildman–Crippen LogP) is 2.65. The van der Waals surface area contributed by atoms with Gasteiger partial charge < -0.3 is 5.32 Å². The summed E-state index contributed by atoms with van der Waals surface area (Å²) < 4.78 is 0. The lowest BCUT2D eigenvalue weighted by Crippen LogP contribution is -2.26. The minimum absolute atomic E-state index is 0.476. The van der Waals surface area contributed by atoms with Crippen LogP contribution in [0.2, 0.25) is 0 Å². The van der Waals surface area contributed by atoms with Gasteiger partial charge in [-0.25, -0.2) is 4.98 Å². The maximum Gasteiger partial charge on any atom is 0.142 e. The molecule has 3 nitrogen and oxygen atoms in total. The molecule has 2 rings (SSSR count). The fourth-order valence-electron chi connectivity index (χ4n) is 2.14. The monoisotopic (exact) mass is 233 g/mol. The molecule has 1 aromatic rings. The van der Waals surface area contributed by atoms with Gasteiger partial charge in [-0.2, -0.15) is 17.0 Å². The van der Waals surface area contributed by atoms with Crippen molar-refractivity contribution in [2.24, 2.45) is 0 Å². The van der Waals surface area contributed by atoms with E-state index in [0.29, 0.717) is 17.0 Å². The molecular weight excluding hydrogens is 218 g/mol. The van der Waals surface area contributed by atoms with Crippen molar-refractivity contribution in [2.75, 3.05) is 11.6 Å². The molecule has 2 atom stereocenters. The first-order valence-electron chi connectivity index (χ1n) is 5.50. The average molecular weight is 233 g/mol. The van der Waals surface area contributed by atoms with Gasteiger partial charge in [-0.05, 0) is 31.2 Å². The molecule has 0 saturated heterocycles. The summed E-state index contributed by atoms with van der Waals surface area (Å²) in [4.78, 5) is 4.24. The molecule has 0 aromatic carbocycles. The Hall–Kier alpha value is -1.21. The van der Waals surface area contributed by atoms with Gasteiger partial charge in [0.05, 0.1) is 0 Å². The van der Waals surface area contributed by atoms with Crippen LogP contribution in [0, 0.1) is 11.3 Å². The number of rotatable bonds is 3. The van der Waals surface area contributed by atoms with Crippen LogP contribution in [-0.2, 0) is 0 Å². The van der Waals surface area contributed by atoms with Gasteiger partial charge in [0, 0.05) is 11.3 Å². The lowest BCUT2D eigenvalue weighted by atomic mass is 10.2. The van der Waals surface area contributed by atoms with E-state index >= 15 is 0 Å². The number of nitrogens with zero attached hydrogens (tertiary/aromatic N) is 2. The van der Waals surface area contributed by atoms with Crippen LogP contribution in [-0.4, -0.2) is 22.5 Å². The number of thioether (sulfide) groups is 1. The van der Waals surface area contributed by atoms with E-state index in [1.165, 1.54) is 19.3 Å². The molecule has 16 heavy (non-hydrogen) atoms. The molecule has 1 N–H and O–H groups in total. The molecule has 1 aliphatic rings. The normalized spacial score (nSPS) is 24.0. The second-order valence-corrected chi connectivity index (χ2v) is 5.05. The standard InChI is InChI=1S/C12H15N3S/c1-16-11-6-3-5-10(11)15-12-7-2-4-9(8-13)14-12/h2,4,7,10-11H,3,5-6H2,1H3,(H,14,15). The molecule has 0 radical (unpaired) electrons. The number of nitrogens with one attached hydrogen (secondary N) is 1. The van der Waals surface area contributed by atoms with E-state index in [4.69, 9.17) is 5.26 Å². The molecule has 0 aliphatic heterocycles. The number of anilines is 1. The molecule has 84 valence electrons. The van der Waals surface area contributed by atoms with Crippen LogP contribution < -0.4 is 5.32 Å². The highest BCUT2D eigenvalue weighted by Crippen LogP contribution is 2.30. The quantitative estimate of drug-likeness (QED) is 0.872. The highest BCUT2D eigenvalue weighted by molar-refractivity contribution is 7.99. The van der Waals surface area contributed by atoms with Crippen molar-refractivity contribution < 1.29 is 0 Å². The molecule has 1 fully saturated rings. The largest absolute Gasteiger partial charge is 0.366 e. The lowest BCUT2D eigenvalue weighted by Gasteiger charge is -2.19. The molecule has 2 unspecified atom stereocenters. The van der Waals surface area contributed by atoms with Crippen molar-refractivity contribution in [1.82, 2.24) is 4.98 Å². The van der Waals surface area contributed by atoms with Crippen LogP contribution in [0.4, 0.5) is 5.82 Å². The van der Waals surface area contributed by atoms with Gasteiger partial charge in [-0.15, -0.1) is 0 Å². The van der Waals surface area contributed by atoms with Crippen LogP contribution in [0.5, 0.6) is 0 Å². The topological polar surface area (TPSA) is 48.7 Å². The summed E-state index contributed by atoms with van der Waals surface area (Å²) in [5.74, 6) is 0.824. The van der Waals surface area contributed by atoms with Gasteiger partial charge in [0.1, 0.15) is 17.6 Å². The van der Waals surface area contributed by atoms with Crippen LogP contribution >= 0.6 is 11.8 Å². The molecule has 1 saturated carbocycles. The van der Waals surface area contributed by atoms with Gasteiger partial charge >= 0.3 is 0 Å². The fourth-order valence-corrected chi connectivity index (χ4v) is 3.08. The van der Waals surface area contributed by atoms with E-state index in [2.05, 4.69) is 22.6 Å². The van der Waals surface area contributed by atoms with Crippen molar-refractivity contribution in [1.29, 1.82) is 5.26 Å². The van der Waals surface area contributed by atoms with Crippen LogP contribution in [0.1, 0.15) is 25.0 Å². The van der Waals surface area contributed by atoms with Gasteiger partial charge in [-0.1, -0.05) is 12.5 Å². The highest BCUT2D eigenvalue weighted by atomic mass is 32.2. The Balaban J connectivity index is 2.06. The van der Waals surface area contributed by atoms with Crippen molar-refractivity contribution in [3.8, 4) is 6.07 Å². The Kier molecular flexibility index (Phi) is 3.68. The van der Waals surface area contributed by atoms with Crippen molar-refractivity contribution >= 4 is 17.6 Å². The Morgan fingerprint density at radius 1 is 1.50 bits per heavy atom. The first kappa shape index (κ1) is 11.3. The van der Waals surface area contributed by atoms with Gasteiger partial charge in [-0.3, -0.25) is 0 Å². The highest BCUT2D eigenvalue weighted by Gasteiger charge is 2.26. The molecule has 4 heteroatoms. The summed E-state index contributed by atoms with van der Waals surface area (Å²) in [6, 6.07) is 8.08. The number of hydrogen-bond donors (Lipinski definition) is 1. The van der Waals surface area contributed by atoms with E-state index in [0.717, 1.165) is 5.82 Å². The van der Waals surface area contributed by atoms with E-state index in [1.54, 1.807) is 6.07 Å².